The molecule has 1 aromatic carbocycles. The molecule has 0 aliphatic heterocycles. The van der Waals surface area contributed by atoms with Gasteiger partial charge in [-0.15, -0.1) is 0 Å². The number of amides is 2. The molecule has 0 aliphatic rings. The van der Waals surface area contributed by atoms with Crippen LogP contribution in [0.15, 0.2) is 24.3 Å². The summed E-state index contributed by atoms with van der Waals surface area (Å²) >= 11 is 0. The van der Waals surface area contributed by atoms with Crippen LogP contribution in [0.5, 0.6) is 0 Å². The standard InChI is InChI=1S/C15H19N3O3/c1-15(2,3)12(13(19)20)18-14(21)17-9-11-6-4-10(8-16)5-7-11/h4-7,12H,9H2,1-3H3,(H,19,20)(H2,17,18,21)/t12-/m0/s1. The van der Waals surface area contributed by atoms with E-state index in [2.05, 4.69) is 10.6 Å². The van der Waals surface area contributed by atoms with Crippen molar-refractivity contribution in [2.24, 2.45) is 5.41 Å². The fourth-order valence-corrected chi connectivity index (χ4v) is 1.71. The van der Waals surface area contributed by atoms with Gasteiger partial charge in [0.1, 0.15) is 6.04 Å². The highest BCUT2D eigenvalue weighted by atomic mass is 16.4. The predicted octanol–water partition coefficient (Wildman–Crippen LogP) is 1.86. The first-order valence-electron chi connectivity index (χ1n) is 6.50. The van der Waals surface area contributed by atoms with Gasteiger partial charge in [0.15, 0.2) is 0 Å². The van der Waals surface area contributed by atoms with Gasteiger partial charge in [-0.1, -0.05) is 32.9 Å². The van der Waals surface area contributed by atoms with Crippen LogP contribution in [-0.4, -0.2) is 23.1 Å². The molecule has 0 aromatic heterocycles. The van der Waals surface area contributed by atoms with Crippen LogP contribution in [0.3, 0.4) is 0 Å². The Morgan fingerprint density at radius 1 is 1.29 bits per heavy atom. The number of carbonyl (C=O) groups excluding carboxylic acids is 1. The number of benzene rings is 1. The first-order valence-corrected chi connectivity index (χ1v) is 6.50. The molecule has 1 aromatic rings. The highest BCUT2D eigenvalue weighted by Gasteiger charge is 2.32. The van der Waals surface area contributed by atoms with Crippen LogP contribution >= 0.6 is 0 Å². The zero-order valence-electron chi connectivity index (χ0n) is 12.3. The van der Waals surface area contributed by atoms with E-state index in [1.165, 1.54) is 0 Å². The highest BCUT2D eigenvalue weighted by Crippen LogP contribution is 2.19. The van der Waals surface area contributed by atoms with Crippen LogP contribution in [0.2, 0.25) is 0 Å². The second-order valence-electron chi connectivity index (χ2n) is 5.77. The Morgan fingerprint density at radius 3 is 2.29 bits per heavy atom. The predicted molar refractivity (Wildman–Crippen MR) is 77.4 cm³/mol. The van der Waals surface area contributed by atoms with Gasteiger partial charge >= 0.3 is 12.0 Å². The molecule has 1 atom stereocenters. The number of nitriles is 1. The van der Waals surface area contributed by atoms with Crippen molar-refractivity contribution in [3.8, 4) is 6.07 Å². The fourth-order valence-electron chi connectivity index (χ4n) is 1.71. The lowest BCUT2D eigenvalue weighted by atomic mass is 9.87. The molecule has 6 nitrogen and oxygen atoms in total. The summed E-state index contributed by atoms with van der Waals surface area (Å²) in [7, 11) is 0. The fraction of sp³-hybridized carbons (Fsp3) is 0.400. The second kappa shape index (κ2) is 6.75. The van der Waals surface area contributed by atoms with Crippen molar-refractivity contribution in [1.82, 2.24) is 10.6 Å². The number of urea groups is 1. The SMILES string of the molecule is CC(C)(C)[C@@H](NC(=O)NCc1ccc(C#N)cc1)C(=O)O. The number of aliphatic carboxylic acids is 1. The number of carbonyl (C=O) groups is 2. The van der Waals surface area contributed by atoms with Crippen molar-refractivity contribution in [1.29, 1.82) is 5.26 Å². The largest absolute Gasteiger partial charge is 0.480 e. The van der Waals surface area contributed by atoms with E-state index in [4.69, 9.17) is 10.4 Å². The summed E-state index contributed by atoms with van der Waals surface area (Å²) in [6.07, 6.45) is 0. The molecule has 112 valence electrons. The van der Waals surface area contributed by atoms with Crippen LogP contribution in [0, 0.1) is 16.7 Å². The lowest BCUT2D eigenvalue weighted by Crippen LogP contribution is -2.52. The lowest BCUT2D eigenvalue weighted by Gasteiger charge is -2.27. The minimum absolute atomic E-state index is 0.258. The minimum Gasteiger partial charge on any atom is -0.480 e. The molecule has 0 fully saturated rings. The summed E-state index contributed by atoms with van der Waals surface area (Å²) < 4.78 is 0. The Morgan fingerprint density at radius 2 is 1.86 bits per heavy atom. The number of carboxylic acids is 1. The Balaban J connectivity index is 2.57. The van der Waals surface area contributed by atoms with Crippen molar-refractivity contribution >= 4 is 12.0 Å². The lowest BCUT2D eigenvalue weighted by molar-refractivity contribution is -0.141. The normalized spacial score (nSPS) is 12.1. The van der Waals surface area contributed by atoms with Crippen molar-refractivity contribution < 1.29 is 14.7 Å². The average molecular weight is 289 g/mol. The van der Waals surface area contributed by atoms with Crippen LogP contribution in [-0.2, 0) is 11.3 Å². The van der Waals surface area contributed by atoms with Crippen LogP contribution < -0.4 is 10.6 Å². The number of carboxylic acid groups (broad SMARTS) is 1. The molecule has 0 aliphatic carbocycles. The van der Waals surface area contributed by atoms with Gasteiger partial charge < -0.3 is 15.7 Å². The summed E-state index contributed by atoms with van der Waals surface area (Å²) in [5.41, 5.74) is 0.783. The summed E-state index contributed by atoms with van der Waals surface area (Å²) in [5.74, 6) is -1.07. The molecule has 0 radical (unpaired) electrons. The van der Waals surface area contributed by atoms with E-state index in [1.807, 2.05) is 6.07 Å². The van der Waals surface area contributed by atoms with Gasteiger partial charge in [0, 0.05) is 6.54 Å². The average Bonchev–Trinajstić information content (AvgIpc) is 2.41. The number of nitrogens with zero attached hydrogens (tertiary/aromatic N) is 1. The molecular formula is C15H19N3O3. The number of nitrogens with one attached hydrogen (secondary N) is 2. The number of hydrogen-bond acceptors (Lipinski definition) is 3. The van der Waals surface area contributed by atoms with E-state index in [-0.39, 0.29) is 6.54 Å². The van der Waals surface area contributed by atoms with E-state index >= 15 is 0 Å². The van der Waals surface area contributed by atoms with Crippen molar-refractivity contribution in [2.45, 2.75) is 33.4 Å². The summed E-state index contributed by atoms with van der Waals surface area (Å²) in [5, 5.41) is 22.9. The third kappa shape index (κ3) is 5.15. The Kier molecular flexibility index (Phi) is 5.30. The molecule has 0 saturated carbocycles. The first-order chi connectivity index (χ1) is 9.74. The van der Waals surface area contributed by atoms with Crippen LogP contribution in [0.4, 0.5) is 4.79 Å². The molecule has 0 spiro atoms. The molecule has 0 heterocycles. The Hall–Kier alpha value is -2.55. The quantitative estimate of drug-likeness (QED) is 0.787. The van der Waals surface area contributed by atoms with Crippen molar-refractivity contribution in [3.05, 3.63) is 35.4 Å². The van der Waals surface area contributed by atoms with Gasteiger partial charge in [-0.25, -0.2) is 9.59 Å². The highest BCUT2D eigenvalue weighted by molar-refractivity contribution is 5.83. The van der Waals surface area contributed by atoms with Gasteiger partial charge in [-0.05, 0) is 23.1 Å². The maximum atomic E-state index is 11.8. The van der Waals surface area contributed by atoms with Gasteiger partial charge in [-0.3, -0.25) is 0 Å². The maximum absolute atomic E-state index is 11.8. The Bertz CT molecular complexity index is 553. The van der Waals surface area contributed by atoms with E-state index in [0.717, 1.165) is 5.56 Å². The first kappa shape index (κ1) is 16.5. The number of hydrogen-bond donors (Lipinski definition) is 3. The molecule has 0 saturated heterocycles. The van der Waals surface area contributed by atoms with E-state index in [0.29, 0.717) is 5.56 Å². The number of rotatable bonds is 4. The monoisotopic (exact) mass is 289 g/mol. The zero-order valence-corrected chi connectivity index (χ0v) is 12.3. The van der Waals surface area contributed by atoms with Crippen molar-refractivity contribution in [2.75, 3.05) is 0 Å². The zero-order chi connectivity index (χ0) is 16.0. The summed E-state index contributed by atoms with van der Waals surface area (Å²) in [4.78, 5) is 22.9. The third-order valence-corrected chi connectivity index (χ3v) is 2.92. The molecule has 21 heavy (non-hydrogen) atoms. The van der Waals surface area contributed by atoms with Gasteiger partial charge in [0.05, 0.1) is 11.6 Å². The van der Waals surface area contributed by atoms with Gasteiger partial charge in [0.2, 0.25) is 0 Å². The van der Waals surface area contributed by atoms with Crippen molar-refractivity contribution in [3.63, 3.8) is 0 Å². The smallest absolute Gasteiger partial charge is 0.326 e. The second-order valence-corrected chi connectivity index (χ2v) is 5.77. The van der Waals surface area contributed by atoms with E-state index in [1.54, 1.807) is 45.0 Å². The van der Waals surface area contributed by atoms with E-state index in [9.17, 15) is 9.59 Å². The molecule has 0 bridgehead atoms. The maximum Gasteiger partial charge on any atom is 0.326 e. The molecule has 2 amide bonds. The molecule has 6 heteroatoms. The third-order valence-electron chi connectivity index (χ3n) is 2.92. The summed E-state index contributed by atoms with van der Waals surface area (Å²) in [6.45, 7) is 5.49. The molecule has 1 rings (SSSR count). The molecule has 3 N–H and O–H groups in total. The topological polar surface area (TPSA) is 102 Å². The van der Waals surface area contributed by atoms with Crippen LogP contribution in [0.25, 0.3) is 0 Å². The molecule has 0 unspecified atom stereocenters. The van der Waals surface area contributed by atoms with Gasteiger partial charge in [0.25, 0.3) is 0 Å². The van der Waals surface area contributed by atoms with Crippen LogP contribution in [0.1, 0.15) is 31.9 Å². The minimum atomic E-state index is -1.07. The Labute approximate surface area is 123 Å². The van der Waals surface area contributed by atoms with E-state index < -0.39 is 23.5 Å². The van der Waals surface area contributed by atoms with Gasteiger partial charge in [-0.2, -0.15) is 5.26 Å². The molecular weight excluding hydrogens is 270 g/mol. The summed E-state index contributed by atoms with van der Waals surface area (Å²) in [6, 6.07) is 7.28.